The molecular formula is C19H32N2. The molecule has 2 rings (SSSR count). The van der Waals surface area contributed by atoms with Crippen LogP contribution >= 0.6 is 0 Å². The highest BCUT2D eigenvalue weighted by molar-refractivity contribution is 5.27. The summed E-state index contributed by atoms with van der Waals surface area (Å²) in [6.07, 6.45) is 5.30. The average molecular weight is 288 g/mol. The van der Waals surface area contributed by atoms with E-state index in [4.69, 9.17) is 0 Å². The standard InChI is InChI=1S/C19H32N2/c1-4-5-6-7-19(21-14-12-20-13-15-21)18-10-8-17(9-11-18)16(2)3/h8-11,16,19-20H,4-7,12-15H2,1-3H3/t19-/m1/s1. The van der Waals surface area contributed by atoms with E-state index in [-0.39, 0.29) is 0 Å². The molecule has 1 atom stereocenters. The molecule has 21 heavy (non-hydrogen) atoms. The molecule has 0 spiro atoms. The first-order valence-electron chi connectivity index (χ1n) is 8.77. The Hall–Kier alpha value is -0.860. The Labute approximate surface area is 130 Å². The van der Waals surface area contributed by atoms with Crippen LogP contribution in [0, 0.1) is 0 Å². The van der Waals surface area contributed by atoms with Crippen molar-refractivity contribution in [2.45, 2.75) is 58.4 Å². The van der Waals surface area contributed by atoms with E-state index in [0.29, 0.717) is 12.0 Å². The van der Waals surface area contributed by atoms with Crippen LogP contribution in [0.2, 0.25) is 0 Å². The highest BCUT2D eigenvalue weighted by Crippen LogP contribution is 2.28. The van der Waals surface area contributed by atoms with Gasteiger partial charge in [0.25, 0.3) is 0 Å². The summed E-state index contributed by atoms with van der Waals surface area (Å²) in [5.74, 6) is 0.622. The quantitative estimate of drug-likeness (QED) is 0.751. The van der Waals surface area contributed by atoms with Crippen LogP contribution in [0.4, 0.5) is 0 Å². The molecule has 2 nitrogen and oxygen atoms in total. The van der Waals surface area contributed by atoms with E-state index >= 15 is 0 Å². The second kappa shape index (κ2) is 8.55. The number of benzene rings is 1. The fourth-order valence-corrected chi connectivity index (χ4v) is 3.24. The van der Waals surface area contributed by atoms with Gasteiger partial charge in [-0.15, -0.1) is 0 Å². The molecule has 0 bridgehead atoms. The number of hydrogen-bond acceptors (Lipinski definition) is 2. The molecule has 0 aromatic heterocycles. The third-order valence-electron chi connectivity index (χ3n) is 4.66. The molecular weight excluding hydrogens is 256 g/mol. The van der Waals surface area contributed by atoms with Crippen LogP contribution < -0.4 is 5.32 Å². The molecule has 1 aliphatic heterocycles. The number of nitrogens with zero attached hydrogens (tertiary/aromatic N) is 1. The van der Waals surface area contributed by atoms with Gasteiger partial charge < -0.3 is 5.32 Å². The molecule has 118 valence electrons. The first-order valence-corrected chi connectivity index (χ1v) is 8.77. The molecule has 2 heteroatoms. The van der Waals surface area contributed by atoms with Crippen molar-refractivity contribution >= 4 is 0 Å². The van der Waals surface area contributed by atoms with E-state index in [9.17, 15) is 0 Å². The van der Waals surface area contributed by atoms with Crippen LogP contribution in [-0.4, -0.2) is 31.1 Å². The van der Waals surface area contributed by atoms with Gasteiger partial charge in [0.15, 0.2) is 0 Å². The van der Waals surface area contributed by atoms with Crippen molar-refractivity contribution in [2.24, 2.45) is 0 Å². The first kappa shape index (κ1) is 16.5. The molecule has 1 fully saturated rings. The van der Waals surface area contributed by atoms with E-state index in [2.05, 4.69) is 55.3 Å². The lowest BCUT2D eigenvalue weighted by Gasteiger charge is -2.35. The Bertz CT molecular complexity index is 391. The van der Waals surface area contributed by atoms with Gasteiger partial charge in [0.2, 0.25) is 0 Å². The van der Waals surface area contributed by atoms with Crippen LogP contribution in [0.3, 0.4) is 0 Å². The van der Waals surface area contributed by atoms with E-state index in [1.54, 1.807) is 0 Å². The molecule has 0 unspecified atom stereocenters. The summed E-state index contributed by atoms with van der Waals surface area (Å²) in [5, 5.41) is 3.47. The smallest absolute Gasteiger partial charge is 0.0349 e. The van der Waals surface area contributed by atoms with Gasteiger partial charge in [-0.05, 0) is 23.5 Å². The van der Waals surface area contributed by atoms with Crippen LogP contribution in [0.25, 0.3) is 0 Å². The third-order valence-corrected chi connectivity index (χ3v) is 4.66. The maximum absolute atomic E-state index is 3.47. The second-order valence-electron chi connectivity index (χ2n) is 6.62. The number of nitrogens with one attached hydrogen (secondary N) is 1. The minimum atomic E-state index is 0.611. The van der Waals surface area contributed by atoms with E-state index in [1.807, 2.05) is 0 Å². The first-order chi connectivity index (χ1) is 10.2. The number of hydrogen-bond donors (Lipinski definition) is 1. The summed E-state index contributed by atoms with van der Waals surface area (Å²) in [5.41, 5.74) is 2.96. The van der Waals surface area contributed by atoms with Crippen molar-refractivity contribution in [1.82, 2.24) is 10.2 Å². The van der Waals surface area contributed by atoms with Gasteiger partial charge in [-0.1, -0.05) is 64.3 Å². The van der Waals surface area contributed by atoms with Crippen LogP contribution in [0.15, 0.2) is 24.3 Å². The highest BCUT2D eigenvalue weighted by atomic mass is 15.2. The number of rotatable bonds is 7. The largest absolute Gasteiger partial charge is 0.314 e. The maximum atomic E-state index is 3.47. The average Bonchev–Trinajstić information content (AvgIpc) is 2.53. The van der Waals surface area contributed by atoms with Gasteiger partial charge in [0.1, 0.15) is 0 Å². The van der Waals surface area contributed by atoms with E-state index < -0.39 is 0 Å². The summed E-state index contributed by atoms with van der Waals surface area (Å²) in [7, 11) is 0. The Morgan fingerprint density at radius 2 is 1.62 bits per heavy atom. The lowest BCUT2D eigenvalue weighted by Crippen LogP contribution is -2.45. The van der Waals surface area contributed by atoms with Gasteiger partial charge in [0, 0.05) is 32.2 Å². The van der Waals surface area contributed by atoms with Crippen molar-refractivity contribution in [2.75, 3.05) is 26.2 Å². The summed E-state index contributed by atoms with van der Waals surface area (Å²) in [6.45, 7) is 11.5. The molecule has 1 aliphatic rings. The van der Waals surface area contributed by atoms with Crippen molar-refractivity contribution in [1.29, 1.82) is 0 Å². The summed E-state index contributed by atoms with van der Waals surface area (Å²) < 4.78 is 0. The van der Waals surface area contributed by atoms with Crippen molar-refractivity contribution in [3.8, 4) is 0 Å². The molecule has 1 heterocycles. The van der Waals surface area contributed by atoms with Crippen LogP contribution in [0.5, 0.6) is 0 Å². The fourth-order valence-electron chi connectivity index (χ4n) is 3.24. The maximum Gasteiger partial charge on any atom is 0.0349 e. The number of piperazine rings is 1. The van der Waals surface area contributed by atoms with Gasteiger partial charge >= 0.3 is 0 Å². The Kier molecular flexibility index (Phi) is 6.72. The van der Waals surface area contributed by atoms with Crippen molar-refractivity contribution in [3.05, 3.63) is 35.4 Å². The number of unbranched alkanes of at least 4 members (excludes halogenated alkanes) is 2. The monoisotopic (exact) mass is 288 g/mol. The molecule has 0 radical (unpaired) electrons. The normalized spacial score (nSPS) is 18.1. The van der Waals surface area contributed by atoms with Gasteiger partial charge in [-0.2, -0.15) is 0 Å². The predicted molar refractivity (Wildman–Crippen MR) is 91.9 cm³/mol. The summed E-state index contributed by atoms with van der Waals surface area (Å²) in [6, 6.07) is 10.0. The Morgan fingerprint density at radius 1 is 1.00 bits per heavy atom. The highest BCUT2D eigenvalue weighted by Gasteiger charge is 2.21. The lowest BCUT2D eigenvalue weighted by atomic mass is 9.95. The minimum Gasteiger partial charge on any atom is -0.314 e. The van der Waals surface area contributed by atoms with Crippen LogP contribution in [0.1, 0.15) is 69.5 Å². The van der Waals surface area contributed by atoms with Gasteiger partial charge in [0.05, 0.1) is 0 Å². The molecule has 0 aliphatic carbocycles. The van der Waals surface area contributed by atoms with Gasteiger partial charge in [-0.25, -0.2) is 0 Å². The Morgan fingerprint density at radius 3 is 2.19 bits per heavy atom. The SMILES string of the molecule is CCCCC[C@H](c1ccc(C(C)C)cc1)N1CCNCC1. The van der Waals surface area contributed by atoms with Gasteiger partial charge in [-0.3, -0.25) is 4.90 Å². The lowest BCUT2D eigenvalue weighted by molar-refractivity contribution is 0.162. The zero-order chi connectivity index (χ0) is 15.1. The fraction of sp³-hybridized carbons (Fsp3) is 0.684. The predicted octanol–water partition coefficient (Wildman–Crippen LogP) is 4.34. The van der Waals surface area contributed by atoms with Crippen molar-refractivity contribution < 1.29 is 0 Å². The minimum absolute atomic E-state index is 0.611. The summed E-state index contributed by atoms with van der Waals surface area (Å²) in [4.78, 5) is 2.68. The third kappa shape index (κ3) is 4.82. The van der Waals surface area contributed by atoms with Crippen LogP contribution in [-0.2, 0) is 0 Å². The molecule has 1 aromatic carbocycles. The molecule has 1 saturated heterocycles. The molecule has 0 amide bonds. The van der Waals surface area contributed by atoms with Crippen molar-refractivity contribution in [3.63, 3.8) is 0 Å². The Balaban J connectivity index is 2.08. The molecule has 1 aromatic rings. The molecule has 0 saturated carbocycles. The second-order valence-corrected chi connectivity index (χ2v) is 6.62. The zero-order valence-electron chi connectivity index (χ0n) is 14.1. The summed E-state index contributed by atoms with van der Waals surface area (Å²) >= 11 is 0. The van der Waals surface area contributed by atoms with E-state index in [0.717, 1.165) is 13.1 Å². The van der Waals surface area contributed by atoms with E-state index in [1.165, 1.54) is 49.9 Å². The topological polar surface area (TPSA) is 15.3 Å². The molecule has 1 N–H and O–H groups in total. The zero-order valence-corrected chi connectivity index (χ0v) is 14.1.